The lowest BCUT2D eigenvalue weighted by atomic mass is 10.1. The second-order valence-electron chi connectivity index (χ2n) is 3.79. The molecule has 19 heavy (non-hydrogen) atoms. The van der Waals surface area contributed by atoms with Gasteiger partial charge in [-0.25, -0.2) is 4.39 Å². The van der Waals surface area contributed by atoms with Gasteiger partial charge in [-0.2, -0.15) is 13.2 Å². The first-order valence-electron chi connectivity index (χ1n) is 5.41. The summed E-state index contributed by atoms with van der Waals surface area (Å²) in [4.78, 5) is 21.6. The standard InChI is InChI=1S/C12H11F4NO2/c13-9-4-2-1-3-8(9)5-6-17-11(19)7-10(18)12(14,15)16/h1-4H,5-7H2,(H,17,19). The van der Waals surface area contributed by atoms with Crippen LogP contribution in [-0.4, -0.2) is 24.4 Å². The fourth-order valence-corrected chi connectivity index (χ4v) is 1.35. The van der Waals surface area contributed by atoms with Crippen LogP contribution in [0.15, 0.2) is 24.3 Å². The molecule has 0 aliphatic heterocycles. The SMILES string of the molecule is O=C(CC(=O)C(F)(F)F)NCCc1ccccc1F. The molecule has 1 amide bonds. The normalized spacial score (nSPS) is 11.2. The molecule has 1 aromatic carbocycles. The molecule has 1 aromatic rings. The highest BCUT2D eigenvalue weighted by Gasteiger charge is 2.39. The van der Waals surface area contributed by atoms with Gasteiger partial charge in [0.25, 0.3) is 0 Å². The third kappa shape index (κ3) is 5.07. The number of hydrogen-bond acceptors (Lipinski definition) is 2. The number of benzene rings is 1. The Morgan fingerprint density at radius 1 is 1.16 bits per heavy atom. The van der Waals surface area contributed by atoms with Crippen LogP contribution in [0.2, 0.25) is 0 Å². The van der Waals surface area contributed by atoms with Crippen molar-refractivity contribution in [1.82, 2.24) is 5.32 Å². The van der Waals surface area contributed by atoms with Crippen LogP contribution < -0.4 is 5.32 Å². The van der Waals surface area contributed by atoms with Gasteiger partial charge >= 0.3 is 6.18 Å². The molecule has 1 N–H and O–H groups in total. The van der Waals surface area contributed by atoms with Crippen LogP contribution in [0.5, 0.6) is 0 Å². The molecule has 0 bridgehead atoms. The molecule has 0 saturated carbocycles. The van der Waals surface area contributed by atoms with Crippen molar-refractivity contribution in [2.45, 2.75) is 19.0 Å². The largest absolute Gasteiger partial charge is 0.450 e. The molecule has 0 unspecified atom stereocenters. The van der Waals surface area contributed by atoms with Crippen molar-refractivity contribution in [3.05, 3.63) is 35.6 Å². The van der Waals surface area contributed by atoms with E-state index in [1.54, 1.807) is 6.07 Å². The number of amides is 1. The van der Waals surface area contributed by atoms with Gasteiger partial charge in [-0.15, -0.1) is 0 Å². The minimum atomic E-state index is -5.01. The Hall–Kier alpha value is -1.92. The monoisotopic (exact) mass is 277 g/mol. The Morgan fingerprint density at radius 3 is 2.37 bits per heavy atom. The number of Topliss-reactive ketones (excluding diaryl/α,β-unsaturated/α-hetero) is 1. The molecule has 1 rings (SSSR count). The highest BCUT2D eigenvalue weighted by Crippen LogP contribution is 2.17. The van der Waals surface area contributed by atoms with E-state index >= 15 is 0 Å². The average Bonchev–Trinajstić information content (AvgIpc) is 2.30. The van der Waals surface area contributed by atoms with Crippen molar-refractivity contribution >= 4 is 11.7 Å². The second kappa shape index (κ2) is 6.31. The molecule has 0 aromatic heterocycles. The molecule has 3 nitrogen and oxygen atoms in total. The summed E-state index contributed by atoms with van der Waals surface area (Å²) in [6.07, 6.45) is -6.12. The van der Waals surface area contributed by atoms with Crippen molar-refractivity contribution in [3.63, 3.8) is 0 Å². The first-order valence-corrected chi connectivity index (χ1v) is 5.41. The number of carbonyl (C=O) groups excluding carboxylic acids is 2. The van der Waals surface area contributed by atoms with Gasteiger partial charge in [0.05, 0.1) is 6.42 Å². The maximum Gasteiger partial charge on any atom is 0.450 e. The highest BCUT2D eigenvalue weighted by molar-refractivity contribution is 6.00. The summed E-state index contributed by atoms with van der Waals surface area (Å²) in [5.41, 5.74) is 0.338. The second-order valence-corrected chi connectivity index (χ2v) is 3.79. The van der Waals surface area contributed by atoms with Crippen LogP contribution in [0.4, 0.5) is 17.6 Å². The highest BCUT2D eigenvalue weighted by atomic mass is 19.4. The van der Waals surface area contributed by atoms with Gasteiger partial charge in [0.1, 0.15) is 5.82 Å². The first kappa shape index (κ1) is 15.1. The maximum atomic E-state index is 13.2. The number of nitrogens with one attached hydrogen (secondary N) is 1. The molecule has 0 aliphatic carbocycles. The zero-order valence-electron chi connectivity index (χ0n) is 9.76. The lowest BCUT2D eigenvalue weighted by molar-refractivity contribution is -0.172. The Labute approximate surface area is 106 Å². The smallest absolute Gasteiger partial charge is 0.355 e. The Kier molecular flexibility index (Phi) is 5.02. The van der Waals surface area contributed by atoms with E-state index in [4.69, 9.17) is 0 Å². The van der Waals surface area contributed by atoms with Gasteiger partial charge in [-0.3, -0.25) is 9.59 Å². The van der Waals surface area contributed by atoms with Gasteiger partial charge in [-0.1, -0.05) is 18.2 Å². The molecule has 0 aliphatic rings. The average molecular weight is 277 g/mol. The molecule has 0 spiro atoms. The minimum Gasteiger partial charge on any atom is -0.355 e. The van der Waals surface area contributed by atoms with Gasteiger partial charge in [0.2, 0.25) is 11.7 Å². The summed E-state index contributed by atoms with van der Waals surface area (Å²) in [6.45, 7) is -0.0368. The number of rotatable bonds is 5. The molecule has 7 heteroatoms. The van der Waals surface area contributed by atoms with Crippen LogP contribution in [0.25, 0.3) is 0 Å². The fourth-order valence-electron chi connectivity index (χ4n) is 1.35. The minimum absolute atomic E-state index is 0.0368. The van der Waals surface area contributed by atoms with E-state index in [1.807, 2.05) is 0 Å². The number of alkyl halides is 3. The van der Waals surface area contributed by atoms with Crippen molar-refractivity contribution in [3.8, 4) is 0 Å². The Balaban J connectivity index is 2.36. The number of hydrogen-bond donors (Lipinski definition) is 1. The third-order valence-electron chi connectivity index (χ3n) is 2.31. The zero-order valence-corrected chi connectivity index (χ0v) is 9.76. The molecule has 104 valence electrons. The van der Waals surface area contributed by atoms with E-state index in [-0.39, 0.29) is 13.0 Å². The number of carbonyl (C=O) groups is 2. The van der Waals surface area contributed by atoms with Crippen LogP contribution in [0.1, 0.15) is 12.0 Å². The van der Waals surface area contributed by atoms with Crippen molar-refractivity contribution in [2.75, 3.05) is 6.54 Å². The maximum absolute atomic E-state index is 13.2. The predicted molar refractivity (Wildman–Crippen MR) is 58.8 cm³/mol. The van der Waals surface area contributed by atoms with Crippen molar-refractivity contribution in [2.24, 2.45) is 0 Å². The van der Waals surface area contributed by atoms with E-state index < -0.39 is 30.1 Å². The number of halogens is 4. The van der Waals surface area contributed by atoms with Crippen LogP contribution in [-0.2, 0) is 16.0 Å². The van der Waals surface area contributed by atoms with E-state index in [1.165, 1.54) is 18.2 Å². The van der Waals surface area contributed by atoms with E-state index in [0.717, 1.165) is 0 Å². The molecule has 0 radical (unpaired) electrons. The van der Waals surface area contributed by atoms with E-state index in [0.29, 0.717) is 5.56 Å². The first-order chi connectivity index (χ1) is 8.80. The molecule has 0 saturated heterocycles. The van der Waals surface area contributed by atoms with Gasteiger partial charge in [0.15, 0.2) is 0 Å². The summed E-state index contributed by atoms with van der Waals surface area (Å²) in [7, 11) is 0. The van der Waals surface area contributed by atoms with Crippen molar-refractivity contribution < 1.29 is 27.2 Å². The third-order valence-corrected chi connectivity index (χ3v) is 2.31. The molecule has 0 fully saturated rings. The summed E-state index contributed by atoms with van der Waals surface area (Å²) in [5, 5.41) is 2.13. The quantitative estimate of drug-likeness (QED) is 0.661. The molecular weight excluding hydrogens is 266 g/mol. The predicted octanol–water partition coefficient (Wildman–Crippen LogP) is 2.01. The lowest BCUT2D eigenvalue weighted by Gasteiger charge is -2.07. The molecular formula is C12H11F4NO2. The Bertz CT molecular complexity index is 471. The fraction of sp³-hybridized carbons (Fsp3) is 0.333. The van der Waals surface area contributed by atoms with Gasteiger partial charge in [-0.05, 0) is 18.1 Å². The van der Waals surface area contributed by atoms with Crippen molar-refractivity contribution in [1.29, 1.82) is 0 Å². The van der Waals surface area contributed by atoms with Crippen LogP contribution in [0.3, 0.4) is 0 Å². The summed E-state index contributed by atoms with van der Waals surface area (Å²) < 4.78 is 48.8. The van der Waals surface area contributed by atoms with Crippen LogP contribution >= 0.6 is 0 Å². The molecule has 0 heterocycles. The van der Waals surface area contributed by atoms with Gasteiger partial charge in [0, 0.05) is 6.54 Å². The Morgan fingerprint density at radius 2 is 1.79 bits per heavy atom. The van der Waals surface area contributed by atoms with Crippen LogP contribution in [0, 0.1) is 5.82 Å². The van der Waals surface area contributed by atoms with E-state index in [2.05, 4.69) is 5.32 Å². The lowest BCUT2D eigenvalue weighted by Crippen LogP contribution is -2.32. The summed E-state index contributed by atoms with van der Waals surface area (Å²) in [5.74, 6) is -3.59. The van der Waals surface area contributed by atoms with Gasteiger partial charge < -0.3 is 5.32 Å². The zero-order chi connectivity index (χ0) is 14.5. The summed E-state index contributed by atoms with van der Waals surface area (Å²) >= 11 is 0. The topological polar surface area (TPSA) is 46.2 Å². The molecule has 0 atom stereocenters. The van der Waals surface area contributed by atoms with E-state index in [9.17, 15) is 27.2 Å². The number of ketones is 1. The summed E-state index contributed by atoms with van der Waals surface area (Å²) in [6, 6.07) is 5.85.